The van der Waals surface area contributed by atoms with Crippen molar-refractivity contribution >= 4 is 29.8 Å². The summed E-state index contributed by atoms with van der Waals surface area (Å²) in [6.07, 6.45) is -10.5. The van der Waals surface area contributed by atoms with Crippen LogP contribution in [0.4, 0.5) is 0 Å². The zero-order valence-electron chi connectivity index (χ0n) is 21.6. The Bertz CT molecular complexity index is 842. The van der Waals surface area contributed by atoms with Gasteiger partial charge in [-0.1, -0.05) is 0 Å². The number of hydrogen-bond acceptors (Lipinski definition) is 13. The summed E-state index contributed by atoms with van der Waals surface area (Å²) in [5, 5.41) is 0. The second-order valence-corrected chi connectivity index (χ2v) is 8.73. The molecule has 204 valence electrons. The fraction of sp³-hybridized carbons (Fsp3) is 0.783. The molecular formula is C23H34O13. The molecule has 2 fully saturated rings. The number of hydrogen-bond donors (Lipinski definition) is 0. The van der Waals surface area contributed by atoms with E-state index in [0.29, 0.717) is 0 Å². The first-order valence-electron chi connectivity index (χ1n) is 11.5. The molecule has 0 aromatic rings. The third-order valence-electron chi connectivity index (χ3n) is 5.53. The van der Waals surface area contributed by atoms with Crippen molar-refractivity contribution in [3.63, 3.8) is 0 Å². The first-order chi connectivity index (χ1) is 16.7. The minimum atomic E-state index is -1.37. The van der Waals surface area contributed by atoms with E-state index in [1.54, 1.807) is 20.8 Å². The van der Waals surface area contributed by atoms with Crippen LogP contribution in [0.1, 0.15) is 55.4 Å². The van der Waals surface area contributed by atoms with Gasteiger partial charge < -0.3 is 37.9 Å². The van der Waals surface area contributed by atoms with Gasteiger partial charge in [0.2, 0.25) is 0 Å². The first kappa shape index (κ1) is 29.5. The lowest BCUT2D eigenvalue weighted by molar-refractivity contribution is -0.337. The zero-order valence-corrected chi connectivity index (χ0v) is 21.6. The molecule has 0 bridgehead atoms. The Balaban J connectivity index is 2.46. The van der Waals surface area contributed by atoms with Gasteiger partial charge in [0.05, 0.1) is 18.3 Å². The Hall–Kier alpha value is -2.77. The molecule has 0 saturated carbocycles. The molecule has 2 rings (SSSR count). The van der Waals surface area contributed by atoms with Crippen LogP contribution in [0.25, 0.3) is 0 Å². The highest BCUT2D eigenvalue weighted by Crippen LogP contribution is 2.34. The van der Waals surface area contributed by atoms with Gasteiger partial charge >= 0.3 is 29.8 Å². The van der Waals surface area contributed by atoms with Crippen LogP contribution in [0.5, 0.6) is 0 Å². The average Bonchev–Trinajstić information content (AvgIpc) is 2.71. The SMILES string of the molecule is CC(=O)O[C@H]1[C@H](OC(C)=O)[C@@H](OC(C)=O)C(O[C@H]2[C@H](OC(C)=O)[C@@H](OC(C)=O)C(C)O[C@@H]2C)O[C@@H]1C. The lowest BCUT2D eigenvalue weighted by Gasteiger charge is -2.48. The number of esters is 5. The Morgan fingerprint density at radius 2 is 0.750 bits per heavy atom. The molecule has 2 aliphatic rings. The highest BCUT2D eigenvalue weighted by Gasteiger charge is 2.54. The van der Waals surface area contributed by atoms with Crippen LogP contribution in [0.2, 0.25) is 0 Å². The highest BCUT2D eigenvalue weighted by molar-refractivity contribution is 5.69. The van der Waals surface area contributed by atoms with Crippen molar-refractivity contribution in [1.82, 2.24) is 0 Å². The second kappa shape index (κ2) is 12.5. The molecule has 2 aliphatic heterocycles. The summed E-state index contributed by atoms with van der Waals surface area (Å²) >= 11 is 0. The van der Waals surface area contributed by atoms with Crippen molar-refractivity contribution in [2.24, 2.45) is 0 Å². The van der Waals surface area contributed by atoms with E-state index in [1.165, 1.54) is 20.8 Å². The quantitative estimate of drug-likeness (QED) is 0.340. The average molecular weight is 519 g/mol. The normalized spacial score (nSPS) is 36.2. The molecular weight excluding hydrogens is 484 g/mol. The van der Waals surface area contributed by atoms with Crippen LogP contribution < -0.4 is 0 Å². The zero-order chi connectivity index (χ0) is 27.3. The van der Waals surface area contributed by atoms with Gasteiger partial charge in [-0.15, -0.1) is 0 Å². The maximum Gasteiger partial charge on any atom is 0.303 e. The van der Waals surface area contributed by atoms with Gasteiger partial charge in [0.1, 0.15) is 6.10 Å². The van der Waals surface area contributed by atoms with Gasteiger partial charge in [0.25, 0.3) is 0 Å². The van der Waals surface area contributed by atoms with Gasteiger partial charge in [-0.25, -0.2) is 0 Å². The van der Waals surface area contributed by atoms with E-state index in [-0.39, 0.29) is 0 Å². The number of rotatable bonds is 7. The van der Waals surface area contributed by atoms with Crippen LogP contribution in [0.3, 0.4) is 0 Å². The van der Waals surface area contributed by atoms with Crippen molar-refractivity contribution in [3.8, 4) is 0 Å². The molecule has 0 aromatic carbocycles. The van der Waals surface area contributed by atoms with E-state index in [1.807, 2.05) is 0 Å². The summed E-state index contributed by atoms with van der Waals surface area (Å²) in [5.41, 5.74) is 0. The predicted molar refractivity (Wildman–Crippen MR) is 117 cm³/mol. The fourth-order valence-corrected chi connectivity index (χ4v) is 4.32. The Morgan fingerprint density at radius 1 is 0.444 bits per heavy atom. The first-order valence-corrected chi connectivity index (χ1v) is 11.5. The fourth-order valence-electron chi connectivity index (χ4n) is 4.32. The molecule has 0 amide bonds. The molecule has 0 spiro atoms. The van der Waals surface area contributed by atoms with E-state index in [2.05, 4.69) is 0 Å². The standard InChI is InChI=1S/C23H34O13/c1-9-17(31-12(4)24)20(33-14(6)26)19(10(2)29-9)36-23-22(35-16(8)28)21(34-15(7)27)18(11(3)30-23)32-13(5)25/h9-11,17-23H,1-8H3/t9?,10-,11-,17+,18-,19-,20-,21+,22-,23?/m1/s1. The van der Waals surface area contributed by atoms with Crippen molar-refractivity contribution in [2.75, 3.05) is 0 Å². The van der Waals surface area contributed by atoms with E-state index in [4.69, 9.17) is 37.9 Å². The van der Waals surface area contributed by atoms with Crippen molar-refractivity contribution in [3.05, 3.63) is 0 Å². The van der Waals surface area contributed by atoms with Crippen LogP contribution in [-0.2, 0) is 61.9 Å². The van der Waals surface area contributed by atoms with Crippen molar-refractivity contribution < 1.29 is 61.9 Å². The van der Waals surface area contributed by atoms with Crippen LogP contribution >= 0.6 is 0 Å². The van der Waals surface area contributed by atoms with Crippen LogP contribution in [0, 0.1) is 0 Å². The van der Waals surface area contributed by atoms with Gasteiger partial charge in [0, 0.05) is 34.6 Å². The summed E-state index contributed by atoms with van der Waals surface area (Å²) in [4.78, 5) is 59.2. The number of ether oxygens (including phenoxy) is 8. The maximum atomic E-state index is 11.9. The van der Waals surface area contributed by atoms with Crippen molar-refractivity contribution in [2.45, 2.75) is 117 Å². The van der Waals surface area contributed by atoms with E-state index in [9.17, 15) is 24.0 Å². The third-order valence-corrected chi connectivity index (χ3v) is 5.53. The largest absolute Gasteiger partial charge is 0.456 e. The van der Waals surface area contributed by atoms with E-state index >= 15 is 0 Å². The molecule has 13 heteroatoms. The molecule has 0 N–H and O–H groups in total. The molecule has 10 atom stereocenters. The summed E-state index contributed by atoms with van der Waals surface area (Å²) in [6, 6.07) is 0. The number of carbonyl (C=O) groups is 5. The maximum absolute atomic E-state index is 11.9. The summed E-state index contributed by atoms with van der Waals surface area (Å²) < 4.78 is 44.8. The molecule has 13 nitrogen and oxygen atoms in total. The molecule has 0 radical (unpaired) electrons. The lowest BCUT2D eigenvalue weighted by atomic mass is 9.94. The molecule has 2 saturated heterocycles. The lowest BCUT2D eigenvalue weighted by Crippen LogP contribution is -2.65. The van der Waals surface area contributed by atoms with Gasteiger partial charge in [-0.05, 0) is 20.8 Å². The minimum absolute atomic E-state index is 0.625. The Labute approximate surface area is 208 Å². The Kier molecular flexibility index (Phi) is 10.2. The third kappa shape index (κ3) is 7.61. The highest BCUT2D eigenvalue weighted by atomic mass is 16.7. The van der Waals surface area contributed by atoms with E-state index < -0.39 is 91.1 Å². The monoisotopic (exact) mass is 518 g/mol. The molecule has 36 heavy (non-hydrogen) atoms. The van der Waals surface area contributed by atoms with Gasteiger partial charge in [-0.3, -0.25) is 24.0 Å². The molecule has 0 aromatic heterocycles. The summed E-state index contributed by atoms with van der Waals surface area (Å²) in [6.45, 7) is 10.7. The van der Waals surface area contributed by atoms with E-state index in [0.717, 1.165) is 13.8 Å². The summed E-state index contributed by atoms with van der Waals surface area (Å²) in [5.74, 6) is -3.43. The van der Waals surface area contributed by atoms with Crippen LogP contribution in [-0.4, -0.2) is 91.1 Å². The topological polar surface area (TPSA) is 159 Å². The van der Waals surface area contributed by atoms with Gasteiger partial charge in [0.15, 0.2) is 36.8 Å². The van der Waals surface area contributed by atoms with Crippen LogP contribution in [0.15, 0.2) is 0 Å². The number of carbonyl (C=O) groups excluding carboxylic acids is 5. The molecule has 2 heterocycles. The Morgan fingerprint density at radius 3 is 1.17 bits per heavy atom. The predicted octanol–water partition coefficient (Wildman–Crippen LogP) is 0.582. The molecule has 2 unspecified atom stereocenters. The summed E-state index contributed by atoms with van der Waals surface area (Å²) in [7, 11) is 0. The smallest absolute Gasteiger partial charge is 0.303 e. The second-order valence-electron chi connectivity index (χ2n) is 8.73. The van der Waals surface area contributed by atoms with Gasteiger partial charge in [-0.2, -0.15) is 0 Å². The molecule has 0 aliphatic carbocycles. The minimum Gasteiger partial charge on any atom is -0.456 e. The van der Waals surface area contributed by atoms with Crippen molar-refractivity contribution in [1.29, 1.82) is 0 Å².